The predicted molar refractivity (Wildman–Crippen MR) is 231 cm³/mol. The van der Waals surface area contributed by atoms with E-state index >= 15 is 0 Å². The maximum absolute atomic E-state index is 12.0. The Bertz CT molecular complexity index is 1210. The van der Waals surface area contributed by atoms with Crippen molar-refractivity contribution >= 4 is 35.5 Å². The Balaban J connectivity index is 0.00000116. The van der Waals surface area contributed by atoms with Crippen molar-refractivity contribution in [2.24, 2.45) is 0 Å². The number of amides is 1. The molecule has 0 saturated carbocycles. The first-order valence-electron chi connectivity index (χ1n) is 22.3. The highest BCUT2D eigenvalue weighted by Gasteiger charge is 2.16. The van der Waals surface area contributed by atoms with Crippen molar-refractivity contribution in [1.29, 1.82) is 0 Å². The van der Waals surface area contributed by atoms with Gasteiger partial charge in [0.05, 0.1) is 5.56 Å². The van der Waals surface area contributed by atoms with Crippen molar-refractivity contribution in [3.63, 3.8) is 0 Å². The lowest BCUT2D eigenvalue weighted by atomic mass is 10.0. The van der Waals surface area contributed by atoms with E-state index in [-0.39, 0.29) is 34.6 Å². The third kappa shape index (κ3) is 39.2. The van der Waals surface area contributed by atoms with Crippen LogP contribution in [0.1, 0.15) is 232 Å². The van der Waals surface area contributed by atoms with Crippen LogP contribution in [0.4, 0.5) is 5.69 Å². The fourth-order valence-electron chi connectivity index (χ4n) is 6.34. The number of ether oxygens (including phenoxy) is 2. The van der Waals surface area contributed by atoms with Crippen molar-refractivity contribution in [2.75, 3.05) is 5.32 Å². The number of hydrogen-bond donors (Lipinski definition) is 3. The molecular formula is C47H81NO9. The Labute approximate surface area is 346 Å². The molecule has 328 valence electrons. The minimum atomic E-state index is -0.972. The van der Waals surface area contributed by atoms with Crippen LogP contribution >= 0.6 is 0 Å². The molecule has 0 bridgehead atoms. The van der Waals surface area contributed by atoms with Gasteiger partial charge in [-0.15, -0.1) is 0 Å². The Morgan fingerprint density at radius 2 is 0.719 bits per heavy atom. The summed E-state index contributed by atoms with van der Waals surface area (Å²) in [7, 11) is 0. The molecule has 3 N–H and O–H groups in total. The standard InChI is InChI=1S/C27H43NO5.C20H38O4/c1-27(2,3)33-25(30)17-15-13-11-9-7-5-4-6-8-10-12-14-16-24(29)28-23-20-18-22(19-21-23)26(31)32;1-20(2,3)24-19(23)17-15-13-11-9-7-5-4-6-8-10-12-14-16-18(21)22/h18-21H,4-17H2,1-3H3,(H,28,29)(H,31,32);4-17H2,1-3H3,(H,21,22). The number of carbonyl (C=O) groups excluding carboxylic acids is 3. The smallest absolute Gasteiger partial charge is 0.335 e. The lowest BCUT2D eigenvalue weighted by Crippen LogP contribution is -2.23. The van der Waals surface area contributed by atoms with E-state index in [0.717, 1.165) is 64.2 Å². The highest BCUT2D eigenvalue weighted by Crippen LogP contribution is 2.17. The summed E-state index contributed by atoms with van der Waals surface area (Å²) < 4.78 is 10.6. The second-order valence-electron chi connectivity index (χ2n) is 17.5. The van der Waals surface area contributed by atoms with Gasteiger partial charge in [-0.1, -0.05) is 128 Å². The normalized spacial score (nSPS) is 11.3. The molecule has 1 aromatic rings. The molecule has 10 nitrogen and oxygen atoms in total. The van der Waals surface area contributed by atoms with Gasteiger partial charge in [0.15, 0.2) is 0 Å². The summed E-state index contributed by atoms with van der Waals surface area (Å²) in [6.45, 7) is 11.4. The highest BCUT2D eigenvalue weighted by molar-refractivity contribution is 5.92. The molecule has 0 unspecified atom stereocenters. The number of rotatable bonds is 32. The van der Waals surface area contributed by atoms with E-state index in [1.54, 1.807) is 12.1 Å². The first-order chi connectivity index (χ1) is 27.0. The van der Waals surface area contributed by atoms with E-state index < -0.39 is 11.9 Å². The van der Waals surface area contributed by atoms with Gasteiger partial charge in [-0.2, -0.15) is 0 Å². The van der Waals surface area contributed by atoms with Crippen LogP contribution in [0.15, 0.2) is 24.3 Å². The Hall–Kier alpha value is -3.43. The van der Waals surface area contributed by atoms with E-state index in [2.05, 4.69) is 5.32 Å². The predicted octanol–water partition coefficient (Wildman–Crippen LogP) is 13.0. The van der Waals surface area contributed by atoms with Gasteiger partial charge in [-0.25, -0.2) is 4.79 Å². The topological polar surface area (TPSA) is 156 Å². The Kier molecular flexibility index (Phi) is 31.5. The second kappa shape index (κ2) is 33.5. The number of aromatic carboxylic acids is 1. The van der Waals surface area contributed by atoms with Crippen molar-refractivity contribution in [3.8, 4) is 0 Å². The number of aliphatic carboxylic acids is 1. The van der Waals surface area contributed by atoms with Crippen LogP contribution in [-0.4, -0.2) is 51.2 Å². The van der Waals surface area contributed by atoms with E-state index in [0.29, 0.717) is 31.4 Å². The van der Waals surface area contributed by atoms with Gasteiger partial charge in [0.2, 0.25) is 5.91 Å². The molecule has 57 heavy (non-hydrogen) atoms. The van der Waals surface area contributed by atoms with Crippen LogP contribution in [0, 0.1) is 0 Å². The van der Waals surface area contributed by atoms with Crippen LogP contribution in [0.2, 0.25) is 0 Å². The number of carboxylic acids is 2. The molecule has 0 fully saturated rings. The molecule has 0 aliphatic rings. The number of esters is 2. The van der Waals surface area contributed by atoms with Crippen LogP contribution in [0.25, 0.3) is 0 Å². The van der Waals surface area contributed by atoms with Gasteiger partial charge in [0, 0.05) is 31.4 Å². The van der Waals surface area contributed by atoms with Gasteiger partial charge >= 0.3 is 23.9 Å². The number of hydrogen-bond acceptors (Lipinski definition) is 7. The Morgan fingerprint density at radius 3 is 1.00 bits per heavy atom. The van der Waals surface area contributed by atoms with Crippen LogP contribution in [0.3, 0.4) is 0 Å². The molecule has 0 saturated heterocycles. The zero-order valence-corrected chi connectivity index (χ0v) is 36.9. The number of anilines is 1. The summed E-state index contributed by atoms with van der Waals surface area (Å²) in [5, 5.41) is 20.2. The molecule has 1 rings (SSSR count). The van der Waals surface area contributed by atoms with Crippen molar-refractivity contribution in [2.45, 2.75) is 233 Å². The first-order valence-corrected chi connectivity index (χ1v) is 22.3. The molecular weight excluding hydrogens is 723 g/mol. The third-order valence-electron chi connectivity index (χ3n) is 9.31. The summed E-state index contributed by atoms with van der Waals surface area (Å²) in [6, 6.07) is 6.21. The van der Waals surface area contributed by atoms with Crippen molar-refractivity contribution < 1.29 is 43.7 Å². The molecule has 0 atom stereocenters. The summed E-state index contributed by atoms with van der Waals surface area (Å²) >= 11 is 0. The summed E-state index contributed by atoms with van der Waals surface area (Å²) in [6.07, 6.45) is 29.6. The lowest BCUT2D eigenvalue weighted by Gasteiger charge is -2.19. The van der Waals surface area contributed by atoms with Gasteiger partial charge in [0.25, 0.3) is 0 Å². The molecule has 0 aromatic heterocycles. The largest absolute Gasteiger partial charge is 0.481 e. The number of benzene rings is 1. The van der Waals surface area contributed by atoms with E-state index in [1.165, 1.54) is 102 Å². The quantitative estimate of drug-likeness (QED) is 0.0476. The SMILES string of the molecule is CC(C)(C)OC(=O)CCCCCCCCCCCCCCC(=O)Nc1ccc(C(=O)O)cc1.CC(C)(C)OC(=O)CCCCCCCCCCCCCCC(=O)O. The van der Waals surface area contributed by atoms with E-state index in [4.69, 9.17) is 19.7 Å². The number of unbranched alkanes of at least 4 members (excludes halogenated alkanes) is 22. The summed E-state index contributed by atoms with van der Waals surface area (Å²) in [5.74, 6) is -1.84. The van der Waals surface area contributed by atoms with Crippen LogP contribution < -0.4 is 5.32 Å². The molecule has 1 amide bonds. The number of nitrogens with one attached hydrogen (secondary N) is 1. The molecule has 0 aliphatic heterocycles. The minimum Gasteiger partial charge on any atom is -0.481 e. The van der Waals surface area contributed by atoms with Crippen molar-refractivity contribution in [1.82, 2.24) is 0 Å². The molecule has 1 aromatic carbocycles. The summed E-state index contributed by atoms with van der Waals surface area (Å²) in [5.41, 5.74) is 0.0922. The van der Waals surface area contributed by atoms with Gasteiger partial charge in [-0.05, 0) is 91.5 Å². The maximum atomic E-state index is 12.0. The molecule has 0 aliphatic carbocycles. The fraction of sp³-hybridized carbons (Fsp3) is 0.766. The van der Waals surface area contributed by atoms with Crippen LogP contribution in [-0.2, 0) is 28.7 Å². The second-order valence-corrected chi connectivity index (χ2v) is 17.5. The monoisotopic (exact) mass is 804 g/mol. The summed E-state index contributed by atoms with van der Waals surface area (Å²) in [4.78, 5) is 56.4. The number of carboxylic acid groups (broad SMARTS) is 2. The minimum absolute atomic E-state index is 0.0239. The molecule has 10 heteroatoms. The van der Waals surface area contributed by atoms with E-state index in [9.17, 15) is 24.0 Å². The fourth-order valence-corrected chi connectivity index (χ4v) is 6.34. The van der Waals surface area contributed by atoms with Gasteiger partial charge < -0.3 is 25.0 Å². The average molecular weight is 804 g/mol. The van der Waals surface area contributed by atoms with Gasteiger partial charge in [0.1, 0.15) is 11.2 Å². The van der Waals surface area contributed by atoms with Gasteiger partial charge in [-0.3, -0.25) is 19.2 Å². The Morgan fingerprint density at radius 1 is 0.439 bits per heavy atom. The molecule has 0 radical (unpaired) electrons. The average Bonchev–Trinajstić information content (AvgIpc) is 3.10. The maximum Gasteiger partial charge on any atom is 0.335 e. The highest BCUT2D eigenvalue weighted by atomic mass is 16.6. The first kappa shape index (κ1) is 53.6. The third-order valence-corrected chi connectivity index (χ3v) is 9.31. The van der Waals surface area contributed by atoms with E-state index in [1.807, 2.05) is 41.5 Å². The lowest BCUT2D eigenvalue weighted by molar-refractivity contribution is -0.156. The zero-order valence-electron chi connectivity index (χ0n) is 36.9. The van der Waals surface area contributed by atoms with Crippen molar-refractivity contribution in [3.05, 3.63) is 29.8 Å². The molecule has 0 spiro atoms. The molecule has 0 heterocycles. The number of carbonyl (C=O) groups is 5. The van der Waals surface area contributed by atoms with Crippen LogP contribution in [0.5, 0.6) is 0 Å². The zero-order chi connectivity index (χ0) is 42.8.